The highest BCUT2D eigenvalue weighted by Crippen LogP contribution is 2.04. The maximum Gasteiger partial charge on any atom is 0.226 e. The van der Waals surface area contributed by atoms with Gasteiger partial charge < -0.3 is 4.43 Å². The fraction of sp³-hybridized carbons (Fsp3) is 0.455. The lowest BCUT2D eigenvalue weighted by atomic mass is 10.1. The zero-order valence-electron chi connectivity index (χ0n) is 8.12. The molecule has 0 atom stereocenters. The number of rotatable bonds is 6. The molecule has 1 aromatic rings. The van der Waals surface area contributed by atoms with Gasteiger partial charge in [-0.15, -0.1) is 0 Å². The smallest absolute Gasteiger partial charge is 0.226 e. The molecule has 0 aliphatic rings. The lowest BCUT2D eigenvalue weighted by molar-refractivity contribution is 0.326. The molecule has 0 fully saturated rings. The van der Waals surface area contributed by atoms with Gasteiger partial charge in [-0.05, 0) is 31.4 Å². The number of aryl methyl sites for hydroxylation is 1. The predicted molar refractivity (Wildman–Crippen MR) is 57.0 cm³/mol. The Bertz CT molecular complexity index is 211. The first kappa shape index (κ1) is 10.5. The highest BCUT2D eigenvalue weighted by Gasteiger charge is 1.91. The molecule has 0 aliphatic carbocycles. The van der Waals surface area contributed by atoms with Crippen molar-refractivity contribution in [2.45, 2.75) is 25.8 Å². The molecular weight excluding hydrogens is 176 g/mol. The fourth-order valence-corrected chi connectivity index (χ4v) is 1.60. The van der Waals surface area contributed by atoms with Crippen molar-refractivity contribution in [3.63, 3.8) is 0 Å². The minimum Gasteiger partial charge on any atom is -0.418 e. The second-order valence-electron chi connectivity index (χ2n) is 3.00. The first-order valence-electron chi connectivity index (χ1n) is 4.76. The molecule has 2 radical (unpaired) electrons. The largest absolute Gasteiger partial charge is 0.418 e. The minimum absolute atomic E-state index is 0.636. The van der Waals surface area contributed by atoms with Crippen LogP contribution in [0.15, 0.2) is 30.3 Å². The quantitative estimate of drug-likeness (QED) is 0.497. The lowest BCUT2D eigenvalue weighted by Gasteiger charge is -2.01. The standard InChI is InChI=1S/C11H16OSi/c1-13-12-10-6-5-9-11-7-3-2-4-8-11/h2-4,7-8H,5-6,9-10H2,1H3. The van der Waals surface area contributed by atoms with Crippen molar-refractivity contribution in [1.29, 1.82) is 0 Å². The Morgan fingerprint density at radius 2 is 1.92 bits per heavy atom. The zero-order chi connectivity index (χ0) is 9.36. The number of unbranched alkanes of at least 4 members (excludes halogenated alkanes) is 1. The van der Waals surface area contributed by atoms with Gasteiger partial charge in [-0.2, -0.15) is 0 Å². The molecule has 70 valence electrons. The summed E-state index contributed by atoms with van der Waals surface area (Å²) in [5, 5.41) is 0. The molecule has 0 aromatic heterocycles. The van der Waals surface area contributed by atoms with E-state index in [0.29, 0.717) is 9.76 Å². The maximum absolute atomic E-state index is 5.30. The van der Waals surface area contributed by atoms with Crippen LogP contribution in [0.1, 0.15) is 18.4 Å². The summed E-state index contributed by atoms with van der Waals surface area (Å²) < 4.78 is 5.30. The van der Waals surface area contributed by atoms with Crippen LogP contribution in [0.3, 0.4) is 0 Å². The molecular formula is C11H16OSi. The number of benzene rings is 1. The normalized spacial score (nSPS) is 10.2. The van der Waals surface area contributed by atoms with Gasteiger partial charge in [0.15, 0.2) is 0 Å². The van der Waals surface area contributed by atoms with E-state index >= 15 is 0 Å². The molecule has 0 saturated heterocycles. The Morgan fingerprint density at radius 3 is 2.62 bits per heavy atom. The molecule has 2 heteroatoms. The summed E-state index contributed by atoms with van der Waals surface area (Å²) in [7, 11) is 0.636. The van der Waals surface area contributed by atoms with Crippen LogP contribution >= 0.6 is 0 Å². The highest BCUT2D eigenvalue weighted by molar-refractivity contribution is 6.24. The van der Waals surface area contributed by atoms with Crippen LogP contribution in [-0.2, 0) is 10.8 Å². The molecule has 0 heterocycles. The lowest BCUT2D eigenvalue weighted by Crippen LogP contribution is -1.96. The van der Waals surface area contributed by atoms with Gasteiger partial charge in [-0.25, -0.2) is 0 Å². The Morgan fingerprint density at radius 1 is 1.15 bits per heavy atom. The van der Waals surface area contributed by atoms with Crippen molar-refractivity contribution < 1.29 is 4.43 Å². The third-order valence-electron chi connectivity index (χ3n) is 1.95. The third kappa shape index (κ3) is 4.86. The average molecular weight is 192 g/mol. The van der Waals surface area contributed by atoms with Crippen molar-refractivity contribution in [3.8, 4) is 0 Å². The molecule has 1 rings (SSSR count). The van der Waals surface area contributed by atoms with Crippen LogP contribution in [0.25, 0.3) is 0 Å². The van der Waals surface area contributed by atoms with Crippen LogP contribution in [0, 0.1) is 0 Å². The van der Waals surface area contributed by atoms with E-state index in [9.17, 15) is 0 Å². The van der Waals surface area contributed by atoms with Gasteiger partial charge in [-0.1, -0.05) is 30.3 Å². The van der Waals surface area contributed by atoms with E-state index < -0.39 is 0 Å². The summed E-state index contributed by atoms with van der Waals surface area (Å²) in [5.74, 6) is 0. The first-order valence-corrected chi connectivity index (χ1v) is 6.17. The SMILES string of the molecule is C[Si]OCCCCc1ccccc1. The molecule has 13 heavy (non-hydrogen) atoms. The summed E-state index contributed by atoms with van der Waals surface area (Å²) >= 11 is 0. The van der Waals surface area contributed by atoms with E-state index in [1.807, 2.05) is 0 Å². The first-order chi connectivity index (χ1) is 6.43. The second kappa shape index (κ2) is 6.86. The summed E-state index contributed by atoms with van der Waals surface area (Å²) in [6.07, 6.45) is 3.58. The summed E-state index contributed by atoms with van der Waals surface area (Å²) in [4.78, 5) is 0. The van der Waals surface area contributed by atoms with E-state index in [4.69, 9.17) is 4.43 Å². The van der Waals surface area contributed by atoms with Crippen molar-refractivity contribution >= 4 is 9.76 Å². The van der Waals surface area contributed by atoms with Crippen molar-refractivity contribution in [3.05, 3.63) is 35.9 Å². The van der Waals surface area contributed by atoms with Gasteiger partial charge in [0.05, 0.1) is 0 Å². The van der Waals surface area contributed by atoms with Crippen molar-refractivity contribution in [2.24, 2.45) is 0 Å². The summed E-state index contributed by atoms with van der Waals surface area (Å²) in [5.41, 5.74) is 1.43. The summed E-state index contributed by atoms with van der Waals surface area (Å²) in [6.45, 7) is 2.99. The topological polar surface area (TPSA) is 9.23 Å². The Labute approximate surface area is 83.1 Å². The van der Waals surface area contributed by atoms with Crippen LogP contribution < -0.4 is 0 Å². The summed E-state index contributed by atoms with van der Waals surface area (Å²) in [6, 6.07) is 10.6. The van der Waals surface area contributed by atoms with Gasteiger partial charge >= 0.3 is 0 Å². The molecule has 0 saturated carbocycles. The highest BCUT2D eigenvalue weighted by atomic mass is 28.2. The van der Waals surface area contributed by atoms with Gasteiger partial charge in [0.25, 0.3) is 0 Å². The van der Waals surface area contributed by atoms with E-state index in [0.717, 1.165) is 6.61 Å². The Kier molecular flexibility index (Phi) is 5.53. The zero-order valence-corrected chi connectivity index (χ0v) is 9.12. The molecule has 0 unspecified atom stereocenters. The molecule has 0 bridgehead atoms. The molecule has 1 aromatic carbocycles. The van der Waals surface area contributed by atoms with Crippen LogP contribution in [-0.4, -0.2) is 16.4 Å². The Hall–Kier alpha value is -0.603. The second-order valence-corrected chi connectivity index (χ2v) is 3.69. The van der Waals surface area contributed by atoms with Crippen molar-refractivity contribution in [2.75, 3.05) is 6.61 Å². The van der Waals surface area contributed by atoms with Crippen molar-refractivity contribution in [1.82, 2.24) is 0 Å². The molecule has 0 amide bonds. The number of hydrogen-bond acceptors (Lipinski definition) is 1. The monoisotopic (exact) mass is 192 g/mol. The van der Waals surface area contributed by atoms with E-state index in [2.05, 4.69) is 36.9 Å². The molecule has 0 aliphatic heterocycles. The average Bonchev–Trinajstić information content (AvgIpc) is 2.19. The van der Waals surface area contributed by atoms with Gasteiger partial charge in [0, 0.05) is 6.61 Å². The Balaban J connectivity index is 2.07. The number of hydrogen-bond donors (Lipinski definition) is 0. The van der Waals surface area contributed by atoms with Gasteiger partial charge in [0.1, 0.15) is 0 Å². The molecule has 0 spiro atoms. The van der Waals surface area contributed by atoms with Crippen LogP contribution in [0.4, 0.5) is 0 Å². The predicted octanol–water partition coefficient (Wildman–Crippen LogP) is 2.69. The third-order valence-corrected chi connectivity index (χ3v) is 2.44. The van der Waals surface area contributed by atoms with E-state index in [1.165, 1.54) is 24.8 Å². The fourth-order valence-electron chi connectivity index (χ4n) is 1.25. The van der Waals surface area contributed by atoms with Crippen LogP contribution in [0.2, 0.25) is 6.55 Å². The van der Waals surface area contributed by atoms with Crippen LogP contribution in [0.5, 0.6) is 0 Å². The maximum atomic E-state index is 5.30. The van der Waals surface area contributed by atoms with E-state index in [1.54, 1.807) is 0 Å². The van der Waals surface area contributed by atoms with Gasteiger partial charge in [0.2, 0.25) is 9.76 Å². The molecule has 0 N–H and O–H groups in total. The van der Waals surface area contributed by atoms with Gasteiger partial charge in [-0.3, -0.25) is 0 Å². The van der Waals surface area contributed by atoms with E-state index in [-0.39, 0.29) is 0 Å². The molecule has 1 nitrogen and oxygen atoms in total. The minimum atomic E-state index is 0.636.